The molecule has 5 nitrogen and oxygen atoms in total. The summed E-state index contributed by atoms with van der Waals surface area (Å²) in [5, 5.41) is 2.92. The van der Waals surface area contributed by atoms with Gasteiger partial charge in [-0.1, -0.05) is 12.1 Å². The van der Waals surface area contributed by atoms with Crippen molar-refractivity contribution in [3.05, 3.63) is 29.8 Å². The van der Waals surface area contributed by atoms with Gasteiger partial charge in [0.1, 0.15) is 0 Å². The van der Waals surface area contributed by atoms with Crippen molar-refractivity contribution in [2.45, 2.75) is 31.8 Å². The van der Waals surface area contributed by atoms with E-state index in [1.807, 2.05) is 24.3 Å². The summed E-state index contributed by atoms with van der Waals surface area (Å²) in [5.41, 5.74) is 7.44. The number of benzene rings is 1. The van der Waals surface area contributed by atoms with Crippen LogP contribution in [0.2, 0.25) is 0 Å². The minimum Gasteiger partial charge on any atom is -0.380 e. The number of nitrogens with one attached hydrogen (secondary N) is 1. The number of ether oxygens (including phenoxy) is 1. The molecule has 1 saturated heterocycles. The lowest BCUT2D eigenvalue weighted by molar-refractivity contribution is -0.116. The van der Waals surface area contributed by atoms with Crippen molar-refractivity contribution >= 4 is 11.6 Å². The number of carbonyl (C=O) groups excluding carboxylic acids is 1. The zero-order chi connectivity index (χ0) is 15.1. The second kappa shape index (κ2) is 8.12. The Morgan fingerprint density at radius 1 is 1.52 bits per heavy atom. The van der Waals surface area contributed by atoms with Gasteiger partial charge in [-0.15, -0.1) is 0 Å². The number of hydrogen-bond acceptors (Lipinski definition) is 4. The van der Waals surface area contributed by atoms with Crippen LogP contribution in [0.15, 0.2) is 24.3 Å². The van der Waals surface area contributed by atoms with Gasteiger partial charge in [0, 0.05) is 31.3 Å². The fourth-order valence-corrected chi connectivity index (χ4v) is 2.54. The molecule has 1 unspecified atom stereocenters. The van der Waals surface area contributed by atoms with E-state index in [0.29, 0.717) is 19.0 Å². The highest BCUT2D eigenvalue weighted by Crippen LogP contribution is 2.13. The van der Waals surface area contributed by atoms with Crippen molar-refractivity contribution in [2.24, 2.45) is 5.73 Å². The minimum atomic E-state index is 0.0558. The van der Waals surface area contributed by atoms with Gasteiger partial charge in [0.2, 0.25) is 5.91 Å². The SMILES string of the molecule is CN(CCCC(=O)Nc1cccc(CN)c1)C1CCOC1. The van der Waals surface area contributed by atoms with Gasteiger partial charge in [0.15, 0.2) is 0 Å². The zero-order valence-electron chi connectivity index (χ0n) is 12.7. The predicted octanol–water partition coefficient (Wildman–Crippen LogP) is 1.58. The molecular weight excluding hydrogens is 266 g/mol. The van der Waals surface area contributed by atoms with Gasteiger partial charge in [-0.25, -0.2) is 0 Å². The van der Waals surface area contributed by atoms with Gasteiger partial charge in [-0.3, -0.25) is 4.79 Å². The van der Waals surface area contributed by atoms with Crippen molar-refractivity contribution < 1.29 is 9.53 Å². The van der Waals surface area contributed by atoms with Crippen molar-refractivity contribution in [1.29, 1.82) is 0 Å². The first kappa shape index (κ1) is 15.9. The van der Waals surface area contributed by atoms with E-state index in [4.69, 9.17) is 10.5 Å². The van der Waals surface area contributed by atoms with Gasteiger partial charge in [-0.2, -0.15) is 0 Å². The molecule has 1 aliphatic heterocycles. The highest BCUT2D eigenvalue weighted by molar-refractivity contribution is 5.90. The summed E-state index contributed by atoms with van der Waals surface area (Å²) in [7, 11) is 2.10. The van der Waals surface area contributed by atoms with E-state index in [1.54, 1.807) is 0 Å². The minimum absolute atomic E-state index is 0.0558. The molecule has 1 amide bonds. The predicted molar refractivity (Wildman–Crippen MR) is 84.1 cm³/mol. The van der Waals surface area contributed by atoms with Gasteiger partial charge in [-0.05, 0) is 44.1 Å². The molecule has 21 heavy (non-hydrogen) atoms. The molecule has 1 aliphatic rings. The monoisotopic (exact) mass is 291 g/mol. The Morgan fingerprint density at radius 3 is 3.10 bits per heavy atom. The van der Waals surface area contributed by atoms with E-state index in [1.165, 1.54) is 0 Å². The van der Waals surface area contributed by atoms with E-state index in [-0.39, 0.29) is 5.91 Å². The van der Waals surface area contributed by atoms with E-state index in [2.05, 4.69) is 17.3 Å². The standard InChI is InChI=1S/C16H25N3O2/c1-19(15-7-9-21-12-15)8-3-6-16(20)18-14-5-2-4-13(10-14)11-17/h2,4-5,10,15H,3,6-9,11-12,17H2,1H3,(H,18,20). The molecule has 0 saturated carbocycles. The van der Waals surface area contributed by atoms with Crippen molar-refractivity contribution in [2.75, 3.05) is 32.1 Å². The second-order valence-corrected chi connectivity index (χ2v) is 5.55. The van der Waals surface area contributed by atoms with Crippen LogP contribution >= 0.6 is 0 Å². The molecule has 2 rings (SSSR count). The maximum atomic E-state index is 11.9. The van der Waals surface area contributed by atoms with Gasteiger partial charge in [0.05, 0.1) is 6.61 Å². The molecule has 5 heteroatoms. The number of carbonyl (C=O) groups is 1. The lowest BCUT2D eigenvalue weighted by Gasteiger charge is -2.22. The molecule has 1 atom stereocenters. The number of nitrogens with two attached hydrogens (primary N) is 1. The lowest BCUT2D eigenvalue weighted by atomic mass is 10.2. The molecule has 1 aromatic rings. The number of nitrogens with zero attached hydrogens (tertiary/aromatic N) is 1. The quantitative estimate of drug-likeness (QED) is 0.800. The highest BCUT2D eigenvalue weighted by atomic mass is 16.5. The maximum absolute atomic E-state index is 11.9. The van der Waals surface area contributed by atoms with Crippen LogP contribution in [-0.4, -0.2) is 43.7 Å². The van der Waals surface area contributed by atoms with E-state index < -0.39 is 0 Å². The third kappa shape index (κ3) is 5.12. The molecule has 1 aromatic carbocycles. The summed E-state index contributed by atoms with van der Waals surface area (Å²) in [5.74, 6) is 0.0558. The van der Waals surface area contributed by atoms with E-state index in [0.717, 1.165) is 43.9 Å². The largest absolute Gasteiger partial charge is 0.380 e. The highest BCUT2D eigenvalue weighted by Gasteiger charge is 2.19. The normalized spacial score (nSPS) is 18.1. The van der Waals surface area contributed by atoms with Gasteiger partial charge in [0.25, 0.3) is 0 Å². The second-order valence-electron chi connectivity index (χ2n) is 5.55. The molecule has 0 aliphatic carbocycles. The van der Waals surface area contributed by atoms with Crippen LogP contribution in [0.4, 0.5) is 5.69 Å². The topological polar surface area (TPSA) is 67.6 Å². The Balaban J connectivity index is 1.69. The van der Waals surface area contributed by atoms with Crippen molar-refractivity contribution in [3.8, 4) is 0 Å². The summed E-state index contributed by atoms with van der Waals surface area (Å²) in [4.78, 5) is 14.2. The Bertz CT molecular complexity index is 459. The van der Waals surface area contributed by atoms with Gasteiger partial charge >= 0.3 is 0 Å². The molecule has 0 bridgehead atoms. The van der Waals surface area contributed by atoms with Crippen molar-refractivity contribution in [3.63, 3.8) is 0 Å². The average Bonchev–Trinajstić information content (AvgIpc) is 3.01. The van der Waals surface area contributed by atoms with Crippen LogP contribution in [0.1, 0.15) is 24.8 Å². The smallest absolute Gasteiger partial charge is 0.224 e. The molecule has 1 fully saturated rings. The van der Waals surface area contributed by atoms with Crippen LogP contribution in [0.3, 0.4) is 0 Å². The molecule has 0 radical (unpaired) electrons. The molecule has 0 aromatic heterocycles. The van der Waals surface area contributed by atoms with E-state index >= 15 is 0 Å². The first-order valence-electron chi connectivity index (χ1n) is 7.56. The number of likely N-dealkylation sites (N-methyl/N-ethyl adjacent to an activating group) is 1. The third-order valence-corrected chi connectivity index (χ3v) is 3.89. The summed E-state index contributed by atoms with van der Waals surface area (Å²) in [6.45, 7) is 3.07. The summed E-state index contributed by atoms with van der Waals surface area (Å²) >= 11 is 0. The Labute approximate surface area is 126 Å². The fourth-order valence-electron chi connectivity index (χ4n) is 2.54. The van der Waals surface area contributed by atoms with Gasteiger partial charge < -0.3 is 20.7 Å². The molecule has 116 valence electrons. The lowest BCUT2D eigenvalue weighted by Crippen LogP contribution is -2.33. The van der Waals surface area contributed by atoms with Crippen molar-refractivity contribution in [1.82, 2.24) is 4.90 Å². The maximum Gasteiger partial charge on any atom is 0.224 e. The number of anilines is 1. The third-order valence-electron chi connectivity index (χ3n) is 3.89. The average molecular weight is 291 g/mol. The first-order chi connectivity index (χ1) is 10.2. The number of rotatable bonds is 7. The Hall–Kier alpha value is -1.43. The number of hydrogen-bond donors (Lipinski definition) is 2. The van der Waals surface area contributed by atoms with Crippen LogP contribution < -0.4 is 11.1 Å². The Morgan fingerprint density at radius 2 is 2.38 bits per heavy atom. The van der Waals surface area contributed by atoms with Crippen LogP contribution in [-0.2, 0) is 16.1 Å². The van der Waals surface area contributed by atoms with Crippen LogP contribution in [0.5, 0.6) is 0 Å². The Kier molecular flexibility index (Phi) is 6.17. The number of amides is 1. The molecular formula is C16H25N3O2. The fraction of sp³-hybridized carbons (Fsp3) is 0.562. The molecule has 1 heterocycles. The van der Waals surface area contributed by atoms with Crippen LogP contribution in [0.25, 0.3) is 0 Å². The summed E-state index contributed by atoms with van der Waals surface area (Å²) < 4.78 is 5.38. The summed E-state index contributed by atoms with van der Waals surface area (Å²) in [6, 6.07) is 8.17. The summed E-state index contributed by atoms with van der Waals surface area (Å²) in [6.07, 6.45) is 2.48. The van der Waals surface area contributed by atoms with Crippen LogP contribution in [0, 0.1) is 0 Å². The molecule has 0 spiro atoms. The zero-order valence-corrected chi connectivity index (χ0v) is 12.7. The molecule has 3 N–H and O–H groups in total. The van der Waals surface area contributed by atoms with E-state index in [9.17, 15) is 4.79 Å². The first-order valence-corrected chi connectivity index (χ1v) is 7.56.